The molecule has 0 bridgehead atoms. The third kappa shape index (κ3) is 4.22. The van der Waals surface area contributed by atoms with E-state index in [2.05, 4.69) is 25.7 Å². The first-order valence-electron chi connectivity index (χ1n) is 12.0. The molecule has 1 aliphatic rings. The minimum absolute atomic E-state index is 0.0476. The lowest BCUT2D eigenvalue weighted by Crippen LogP contribution is -2.53. The van der Waals surface area contributed by atoms with Crippen LogP contribution in [0.15, 0.2) is 24.4 Å². The number of methoxy groups -OCH3 is 1. The molecule has 9 nitrogen and oxygen atoms in total. The number of halogens is 5. The van der Waals surface area contributed by atoms with Crippen molar-refractivity contribution in [2.45, 2.75) is 31.4 Å². The van der Waals surface area contributed by atoms with Gasteiger partial charge in [-0.3, -0.25) is 0 Å². The summed E-state index contributed by atoms with van der Waals surface area (Å²) in [6, 6.07) is 2.88. The van der Waals surface area contributed by atoms with E-state index >= 15 is 4.39 Å². The number of rotatable bonds is 6. The van der Waals surface area contributed by atoms with Crippen molar-refractivity contribution < 1.29 is 30.8 Å². The number of nitrogens with zero attached hydrogens (tertiary/aromatic N) is 7. The average Bonchev–Trinajstić information content (AvgIpc) is 3.33. The number of alkyl halides is 4. The van der Waals surface area contributed by atoms with E-state index in [4.69, 9.17) is 8.85 Å². The van der Waals surface area contributed by atoms with Gasteiger partial charge in [0.15, 0.2) is 5.82 Å². The lowest BCUT2D eigenvalue weighted by Gasteiger charge is -2.36. The van der Waals surface area contributed by atoms with Crippen molar-refractivity contribution >= 4 is 22.5 Å². The van der Waals surface area contributed by atoms with Gasteiger partial charge in [-0.25, -0.2) is 31.1 Å². The van der Waals surface area contributed by atoms with E-state index in [1.165, 1.54) is 23.1 Å². The molecule has 1 aromatic carbocycles. The van der Waals surface area contributed by atoms with E-state index in [1.54, 1.807) is 7.05 Å². The van der Waals surface area contributed by atoms with Crippen LogP contribution in [-0.2, 0) is 6.54 Å². The van der Waals surface area contributed by atoms with Gasteiger partial charge in [0.2, 0.25) is 11.8 Å². The molecule has 1 saturated heterocycles. The minimum Gasteiger partial charge on any atom is -0.479 e. The number of ether oxygens (including phenoxy) is 1. The minimum atomic E-state index is -3.14. The first-order chi connectivity index (χ1) is 17.8. The Kier molecular flexibility index (Phi) is 4.84. The molecule has 5 rings (SSSR count). The smallest absolute Gasteiger partial charge is 0.280 e. The SMILES string of the molecule is [2H]C([2H])([2H])Oc1nc(N[C@@H]2CCN(C)CC2(F)F)nn2cc(F)c(-c3ccc4nnn(CC(F)F)c4c3)c12. The molecular formula is C21H21F5N8O. The van der Waals surface area contributed by atoms with Gasteiger partial charge in [-0.05, 0) is 31.2 Å². The molecule has 0 unspecified atom stereocenters. The zero-order valence-electron chi connectivity index (χ0n) is 21.2. The summed E-state index contributed by atoms with van der Waals surface area (Å²) in [5.41, 5.74) is 0.221. The Labute approximate surface area is 199 Å². The molecule has 1 N–H and O–H groups in total. The van der Waals surface area contributed by atoms with Crippen LogP contribution in [0.25, 0.3) is 27.7 Å². The summed E-state index contributed by atoms with van der Waals surface area (Å²) in [6.07, 6.45) is -1.76. The van der Waals surface area contributed by atoms with Crippen molar-refractivity contribution in [2.24, 2.45) is 0 Å². The third-order valence-electron chi connectivity index (χ3n) is 5.86. The van der Waals surface area contributed by atoms with Crippen LogP contribution in [0.4, 0.5) is 27.9 Å². The molecule has 35 heavy (non-hydrogen) atoms. The second-order valence-corrected chi connectivity index (χ2v) is 8.34. The van der Waals surface area contributed by atoms with Gasteiger partial charge in [-0.1, -0.05) is 11.3 Å². The molecule has 0 spiro atoms. The quantitative estimate of drug-likeness (QED) is 0.408. The van der Waals surface area contributed by atoms with Crippen molar-refractivity contribution in [3.63, 3.8) is 0 Å². The van der Waals surface area contributed by atoms with Crippen LogP contribution in [-0.4, -0.2) is 80.1 Å². The highest BCUT2D eigenvalue weighted by molar-refractivity contribution is 5.89. The molecular weight excluding hydrogens is 475 g/mol. The lowest BCUT2D eigenvalue weighted by atomic mass is 10.0. The molecule has 1 atom stereocenters. The molecule has 3 aromatic heterocycles. The first kappa shape index (κ1) is 19.7. The van der Waals surface area contributed by atoms with Crippen LogP contribution in [0.1, 0.15) is 10.5 Å². The summed E-state index contributed by atoms with van der Waals surface area (Å²) < 4.78 is 99.9. The molecule has 0 aliphatic carbocycles. The Bertz CT molecular complexity index is 1490. The number of piperidine rings is 1. The van der Waals surface area contributed by atoms with Crippen LogP contribution in [0.5, 0.6) is 5.88 Å². The van der Waals surface area contributed by atoms with E-state index in [1.807, 2.05) is 0 Å². The summed E-state index contributed by atoms with van der Waals surface area (Å²) in [6.45, 7) is -0.880. The lowest BCUT2D eigenvalue weighted by molar-refractivity contribution is -0.0675. The second kappa shape index (κ2) is 8.59. The summed E-state index contributed by atoms with van der Waals surface area (Å²) in [7, 11) is -1.46. The van der Waals surface area contributed by atoms with E-state index in [0.29, 0.717) is 6.54 Å². The maximum atomic E-state index is 15.3. The molecule has 0 radical (unpaired) electrons. The fraction of sp³-hybridized carbons (Fsp3) is 0.429. The number of hydrogen-bond acceptors (Lipinski definition) is 7. The van der Waals surface area contributed by atoms with E-state index < -0.39 is 50.2 Å². The van der Waals surface area contributed by atoms with Gasteiger partial charge < -0.3 is 15.0 Å². The fourth-order valence-corrected chi connectivity index (χ4v) is 4.26. The zero-order valence-corrected chi connectivity index (χ0v) is 18.2. The Morgan fingerprint density at radius 3 is 2.91 bits per heavy atom. The normalized spacial score (nSPS) is 20.2. The van der Waals surface area contributed by atoms with Gasteiger partial charge in [-0.2, -0.15) is 4.98 Å². The van der Waals surface area contributed by atoms with Crippen molar-refractivity contribution in [1.29, 1.82) is 0 Å². The number of aromatic nitrogens is 6. The summed E-state index contributed by atoms with van der Waals surface area (Å²) >= 11 is 0. The molecule has 1 aliphatic heterocycles. The van der Waals surface area contributed by atoms with Crippen molar-refractivity contribution in [3.8, 4) is 17.0 Å². The maximum Gasteiger partial charge on any atom is 0.280 e. The number of nitrogens with one attached hydrogen (secondary N) is 1. The number of benzene rings is 1. The Balaban J connectivity index is 1.62. The zero-order chi connectivity index (χ0) is 27.4. The highest BCUT2D eigenvalue weighted by Gasteiger charge is 2.44. The van der Waals surface area contributed by atoms with Gasteiger partial charge in [0.1, 0.15) is 17.6 Å². The van der Waals surface area contributed by atoms with E-state index in [-0.39, 0.29) is 40.0 Å². The largest absolute Gasteiger partial charge is 0.479 e. The van der Waals surface area contributed by atoms with Gasteiger partial charge in [0, 0.05) is 6.54 Å². The Morgan fingerprint density at radius 1 is 1.34 bits per heavy atom. The van der Waals surface area contributed by atoms with Crippen molar-refractivity contribution in [3.05, 3.63) is 30.2 Å². The number of fused-ring (bicyclic) bond motifs is 2. The van der Waals surface area contributed by atoms with Crippen LogP contribution in [0, 0.1) is 5.82 Å². The van der Waals surface area contributed by atoms with Gasteiger partial charge >= 0.3 is 0 Å². The topological polar surface area (TPSA) is 85.4 Å². The average molecular weight is 499 g/mol. The fourth-order valence-electron chi connectivity index (χ4n) is 4.26. The number of likely N-dealkylation sites (tertiary alicyclic amines) is 1. The molecule has 0 amide bonds. The Morgan fingerprint density at radius 2 is 2.17 bits per heavy atom. The molecule has 4 heterocycles. The third-order valence-corrected chi connectivity index (χ3v) is 5.86. The summed E-state index contributed by atoms with van der Waals surface area (Å²) in [4.78, 5) is 5.48. The number of anilines is 1. The molecule has 1 fully saturated rings. The van der Waals surface area contributed by atoms with Crippen LogP contribution in [0.3, 0.4) is 0 Å². The molecule has 186 valence electrons. The van der Waals surface area contributed by atoms with E-state index in [0.717, 1.165) is 15.4 Å². The van der Waals surface area contributed by atoms with Crippen LogP contribution < -0.4 is 10.1 Å². The molecule has 4 aromatic rings. The molecule has 14 heteroatoms. The van der Waals surface area contributed by atoms with Gasteiger partial charge in [-0.15, -0.1) is 10.2 Å². The highest BCUT2D eigenvalue weighted by Crippen LogP contribution is 2.36. The maximum absolute atomic E-state index is 15.3. The van der Waals surface area contributed by atoms with E-state index in [9.17, 15) is 17.6 Å². The number of hydrogen-bond donors (Lipinski definition) is 1. The standard InChI is InChI=1S/C21H21F5N8O/c1-32-6-5-15(21(25,26)10-32)27-20-28-19(35-2)18-17(12(22)8-34(18)30-20)11-3-4-13-14(7-11)33(31-29-13)9-16(23)24/h3-4,7-8,15-16H,5-6,9-10H2,1-2H3,(H,27,30)/t15-/m1/s1/i2D3. The predicted octanol–water partition coefficient (Wildman–Crippen LogP) is 3.31. The van der Waals surface area contributed by atoms with Crippen molar-refractivity contribution in [2.75, 3.05) is 32.5 Å². The van der Waals surface area contributed by atoms with Gasteiger partial charge in [0.05, 0.1) is 41.0 Å². The first-order valence-corrected chi connectivity index (χ1v) is 10.5. The van der Waals surface area contributed by atoms with Gasteiger partial charge in [0.25, 0.3) is 12.3 Å². The summed E-state index contributed by atoms with van der Waals surface area (Å²) in [5, 5.41) is 14.1. The van der Waals surface area contributed by atoms with Crippen molar-refractivity contribution in [1.82, 2.24) is 34.5 Å². The monoisotopic (exact) mass is 499 g/mol. The second-order valence-electron chi connectivity index (χ2n) is 8.34. The predicted molar refractivity (Wildman–Crippen MR) is 116 cm³/mol. The highest BCUT2D eigenvalue weighted by atomic mass is 19.3. The Hall–Kier alpha value is -3.55. The molecule has 0 saturated carbocycles. The van der Waals surface area contributed by atoms with Crippen LogP contribution in [0.2, 0.25) is 0 Å². The summed E-state index contributed by atoms with van der Waals surface area (Å²) in [5.74, 6) is -4.99. The van der Waals surface area contributed by atoms with Crippen LogP contribution >= 0.6 is 0 Å².